The van der Waals surface area contributed by atoms with Crippen molar-refractivity contribution in [2.45, 2.75) is 20.4 Å². The lowest BCUT2D eigenvalue weighted by atomic mass is 10.1. The standard InChI is InChI=1S/C25H23N5O2/c1-17-6-4-8-21(12-17)30-24(20-10-11-23-26-16-27-29(23)15-20)18(2)28(25(30)31)14-19-7-5-9-22(13-19)32-3/h4-13,15-16H,14H2,1-3H3. The highest BCUT2D eigenvalue weighted by atomic mass is 16.5. The Morgan fingerprint density at radius 2 is 1.84 bits per heavy atom. The highest BCUT2D eigenvalue weighted by molar-refractivity contribution is 5.66. The fraction of sp³-hybridized carbons (Fsp3) is 0.160. The Hall–Kier alpha value is -4.13. The number of hydrogen-bond donors (Lipinski definition) is 0. The molecule has 5 rings (SSSR count). The van der Waals surface area contributed by atoms with Gasteiger partial charge in [-0.25, -0.2) is 14.3 Å². The lowest BCUT2D eigenvalue weighted by Gasteiger charge is -2.10. The van der Waals surface area contributed by atoms with Crippen molar-refractivity contribution in [3.8, 4) is 22.7 Å². The van der Waals surface area contributed by atoms with Crippen molar-refractivity contribution in [1.82, 2.24) is 23.7 Å². The van der Waals surface area contributed by atoms with E-state index in [-0.39, 0.29) is 5.69 Å². The van der Waals surface area contributed by atoms with Crippen molar-refractivity contribution in [2.24, 2.45) is 0 Å². The van der Waals surface area contributed by atoms with Gasteiger partial charge in [0.2, 0.25) is 0 Å². The number of pyridine rings is 1. The number of benzene rings is 2. The van der Waals surface area contributed by atoms with Crippen LogP contribution in [0.1, 0.15) is 16.8 Å². The van der Waals surface area contributed by atoms with Crippen molar-refractivity contribution in [3.63, 3.8) is 0 Å². The van der Waals surface area contributed by atoms with E-state index in [2.05, 4.69) is 10.1 Å². The van der Waals surface area contributed by atoms with Gasteiger partial charge in [0, 0.05) is 17.5 Å². The van der Waals surface area contributed by atoms with Gasteiger partial charge in [-0.15, -0.1) is 0 Å². The smallest absolute Gasteiger partial charge is 0.333 e. The first-order valence-corrected chi connectivity index (χ1v) is 10.4. The second-order valence-corrected chi connectivity index (χ2v) is 7.81. The summed E-state index contributed by atoms with van der Waals surface area (Å²) in [5, 5.41) is 4.26. The van der Waals surface area contributed by atoms with Crippen molar-refractivity contribution in [1.29, 1.82) is 0 Å². The maximum atomic E-state index is 13.7. The summed E-state index contributed by atoms with van der Waals surface area (Å²) in [6.45, 7) is 4.45. The molecule has 0 N–H and O–H groups in total. The predicted molar refractivity (Wildman–Crippen MR) is 124 cm³/mol. The maximum absolute atomic E-state index is 13.7. The quantitative estimate of drug-likeness (QED) is 0.427. The molecular formula is C25H23N5O2. The molecule has 0 aliphatic carbocycles. The van der Waals surface area contributed by atoms with E-state index >= 15 is 0 Å². The molecule has 0 spiro atoms. The minimum Gasteiger partial charge on any atom is -0.497 e. The average Bonchev–Trinajstić information content (AvgIpc) is 3.36. The van der Waals surface area contributed by atoms with E-state index in [1.807, 2.05) is 80.7 Å². The van der Waals surface area contributed by atoms with E-state index in [4.69, 9.17) is 4.74 Å². The van der Waals surface area contributed by atoms with Gasteiger partial charge in [0.25, 0.3) is 0 Å². The monoisotopic (exact) mass is 425 g/mol. The number of aromatic nitrogens is 5. The number of nitrogens with zero attached hydrogens (tertiary/aromatic N) is 5. The number of ether oxygens (including phenoxy) is 1. The molecule has 3 aromatic heterocycles. The number of hydrogen-bond acceptors (Lipinski definition) is 4. The summed E-state index contributed by atoms with van der Waals surface area (Å²) in [5.74, 6) is 0.767. The van der Waals surface area contributed by atoms with Gasteiger partial charge in [-0.05, 0) is 61.4 Å². The molecule has 160 valence electrons. The zero-order chi connectivity index (χ0) is 22.2. The minimum absolute atomic E-state index is 0.0930. The molecule has 0 saturated heterocycles. The lowest BCUT2D eigenvalue weighted by molar-refractivity contribution is 0.414. The van der Waals surface area contributed by atoms with E-state index < -0.39 is 0 Å². The molecule has 0 aliphatic heterocycles. The van der Waals surface area contributed by atoms with Crippen LogP contribution in [0.2, 0.25) is 0 Å². The molecule has 32 heavy (non-hydrogen) atoms. The second-order valence-electron chi connectivity index (χ2n) is 7.81. The highest BCUT2D eigenvalue weighted by Gasteiger charge is 2.20. The summed E-state index contributed by atoms with van der Waals surface area (Å²) in [6.07, 6.45) is 3.43. The van der Waals surface area contributed by atoms with E-state index in [1.165, 1.54) is 6.33 Å². The van der Waals surface area contributed by atoms with Gasteiger partial charge in [-0.2, -0.15) is 5.10 Å². The Labute approximate surface area is 185 Å². The topological polar surface area (TPSA) is 66.3 Å². The van der Waals surface area contributed by atoms with Crippen LogP contribution in [-0.2, 0) is 6.54 Å². The normalized spacial score (nSPS) is 11.2. The molecule has 7 nitrogen and oxygen atoms in total. The Morgan fingerprint density at radius 3 is 2.66 bits per heavy atom. The second kappa shape index (κ2) is 7.85. The number of imidazole rings is 1. The van der Waals surface area contributed by atoms with Gasteiger partial charge in [-0.1, -0.05) is 24.3 Å². The van der Waals surface area contributed by atoms with E-state index in [0.29, 0.717) is 6.54 Å². The molecule has 0 aliphatic rings. The molecule has 3 heterocycles. The molecule has 0 amide bonds. The number of rotatable bonds is 5. The third-order valence-electron chi connectivity index (χ3n) is 5.68. The molecule has 5 aromatic rings. The highest BCUT2D eigenvalue weighted by Crippen LogP contribution is 2.27. The third kappa shape index (κ3) is 3.37. The SMILES string of the molecule is COc1cccc(Cn2c(C)c(-c3ccc4ncnn4c3)n(-c3cccc(C)c3)c2=O)c1. The van der Waals surface area contributed by atoms with Crippen LogP contribution in [0, 0.1) is 13.8 Å². The number of aryl methyl sites for hydroxylation is 1. The van der Waals surface area contributed by atoms with Gasteiger partial charge in [-0.3, -0.25) is 9.13 Å². The molecule has 2 aromatic carbocycles. The van der Waals surface area contributed by atoms with Crippen LogP contribution in [0.25, 0.3) is 22.6 Å². The van der Waals surface area contributed by atoms with Crippen LogP contribution in [0.5, 0.6) is 5.75 Å². The van der Waals surface area contributed by atoms with Crippen LogP contribution in [-0.4, -0.2) is 30.8 Å². The summed E-state index contributed by atoms with van der Waals surface area (Å²) in [5.41, 5.74) is 6.18. The van der Waals surface area contributed by atoms with Crippen LogP contribution in [0.3, 0.4) is 0 Å². The summed E-state index contributed by atoms with van der Waals surface area (Å²) < 4.78 is 10.7. The van der Waals surface area contributed by atoms with Gasteiger partial charge in [0.05, 0.1) is 25.0 Å². The van der Waals surface area contributed by atoms with Gasteiger partial charge >= 0.3 is 5.69 Å². The Kier molecular flexibility index (Phi) is 4.86. The summed E-state index contributed by atoms with van der Waals surface area (Å²) >= 11 is 0. The molecule has 7 heteroatoms. The molecule has 0 radical (unpaired) electrons. The number of methoxy groups -OCH3 is 1. The number of fused-ring (bicyclic) bond motifs is 1. The largest absolute Gasteiger partial charge is 0.497 e. The molecule has 0 atom stereocenters. The fourth-order valence-corrected chi connectivity index (χ4v) is 4.09. The molecule has 0 bridgehead atoms. The molecule has 0 unspecified atom stereocenters. The molecular weight excluding hydrogens is 402 g/mol. The first kappa shape index (κ1) is 19.8. The van der Waals surface area contributed by atoms with Crippen molar-refractivity contribution in [3.05, 3.63) is 100 Å². The van der Waals surface area contributed by atoms with Crippen LogP contribution < -0.4 is 10.4 Å². The molecule has 0 saturated carbocycles. The van der Waals surface area contributed by atoms with Crippen molar-refractivity contribution < 1.29 is 4.74 Å². The predicted octanol–water partition coefficient (Wildman–Crippen LogP) is 4.02. The molecule has 0 fully saturated rings. The summed E-state index contributed by atoms with van der Waals surface area (Å²) in [6, 6.07) is 19.7. The van der Waals surface area contributed by atoms with E-state index in [1.54, 1.807) is 20.8 Å². The third-order valence-corrected chi connectivity index (χ3v) is 5.68. The first-order valence-electron chi connectivity index (χ1n) is 10.4. The van der Waals surface area contributed by atoms with Crippen molar-refractivity contribution >= 4 is 5.65 Å². The lowest BCUT2D eigenvalue weighted by Crippen LogP contribution is -2.24. The average molecular weight is 425 g/mol. The first-order chi connectivity index (χ1) is 15.5. The van der Waals surface area contributed by atoms with E-state index in [0.717, 1.165) is 45.2 Å². The maximum Gasteiger partial charge on any atom is 0.333 e. The van der Waals surface area contributed by atoms with Gasteiger partial charge in [0.1, 0.15) is 12.1 Å². The Bertz CT molecular complexity index is 1490. The van der Waals surface area contributed by atoms with E-state index in [9.17, 15) is 4.79 Å². The van der Waals surface area contributed by atoms with Gasteiger partial charge < -0.3 is 4.74 Å². The van der Waals surface area contributed by atoms with Gasteiger partial charge in [0.15, 0.2) is 5.65 Å². The summed E-state index contributed by atoms with van der Waals surface area (Å²) in [7, 11) is 1.64. The zero-order valence-electron chi connectivity index (χ0n) is 18.2. The van der Waals surface area contributed by atoms with Crippen molar-refractivity contribution in [2.75, 3.05) is 7.11 Å². The Balaban J connectivity index is 1.73. The van der Waals surface area contributed by atoms with Crippen LogP contribution in [0.15, 0.2) is 78.0 Å². The minimum atomic E-state index is -0.0930. The fourth-order valence-electron chi connectivity index (χ4n) is 4.09. The Morgan fingerprint density at radius 1 is 1.00 bits per heavy atom. The zero-order valence-corrected chi connectivity index (χ0v) is 18.2. The summed E-state index contributed by atoms with van der Waals surface area (Å²) in [4.78, 5) is 18.0. The van der Waals surface area contributed by atoms with Crippen LogP contribution in [0.4, 0.5) is 0 Å². The van der Waals surface area contributed by atoms with Crippen LogP contribution >= 0.6 is 0 Å².